The molecule has 3 heteroatoms. The number of benzene rings is 1. The van der Waals surface area contributed by atoms with Gasteiger partial charge in [0.05, 0.1) is 13.2 Å². The van der Waals surface area contributed by atoms with Crippen LogP contribution in [0.5, 0.6) is 0 Å². The molecule has 0 saturated carbocycles. The van der Waals surface area contributed by atoms with E-state index in [0.29, 0.717) is 13.1 Å². The van der Waals surface area contributed by atoms with Crippen LogP contribution in [-0.2, 0) is 0 Å². The highest BCUT2D eigenvalue weighted by atomic mass is 16.3. The third-order valence-corrected chi connectivity index (χ3v) is 2.21. The lowest BCUT2D eigenvalue weighted by Gasteiger charge is -2.23. The molecular formula is C12H17NO2. The molecule has 1 aromatic rings. The number of aliphatic hydroxyl groups is 2. The smallest absolute Gasteiger partial charge is 0.0606 e. The first-order chi connectivity index (χ1) is 7.31. The maximum absolute atomic E-state index is 8.91. The topological polar surface area (TPSA) is 43.7 Å². The van der Waals surface area contributed by atoms with Crippen molar-refractivity contribution in [3.63, 3.8) is 0 Å². The van der Waals surface area contributed by atoms with E-state index in [1.54, 1.807) is 6.08 Å². The molecule has 2 N–H and O–H groups in total. The second kappa shape index (κ2) is 6.22. The summed E-state index contributed by atoms with van der Waals surface area (Å²) in [6.45, 7) is 4.93. The maximum Gasteiger partial charge on any atom is 0.0606 e. The molecule has 0 saturated heterocycles. The molecule has 1 rings (SSSR count). The van der Waals surface area contributed by atoms with E-state index < -0.39 is 0 Å². The van der Waals surface area contributed by atoms with E-state index in [2.05, 4.69) is 6.58 Å². The van der Waals surface area contributed by atoms with Crippen LogP contribution in [0.1, 0.15) is 5.56 Å². The number of nitrogens with zero attached hydrogens (tertiary/aromatic N) is 1. The molecule has 0 amide bonds. The fourth-order valence-electron chi connectivity index (χ4n) is 1.46. The van der Waals surface area contributed by atoms with Crippen LogP contribution < -0.4 is 4.90 Å². The zero-order valence-corrected chi connectivity index (χ0v) is 8.76. The largest absolute Gasteiger partial charge is 0.395 e. The first-order valence-electron chi connectivity index (χ1n) is 5.01. The molecule has 0 heterocycles. The van der Waals surface area contributed by atoms with Gasteiger partial charge >= 0.3 is 0 Å². The van der Waals surface area contributed by atoms with Gasteiger partial charge in [-0.15, -0.1) is 0 Å². The van der Waals surface area contributed by atoms with E-state index in [0.717, 1.165) is 11.3 Å². The standard InChI is InChI=1S/C12H17NO2/c1-2-11-4-3-5-12(10-11)13(6-8-14)7-9-15/h2-5,10,14-15H,1,6-9H2. The second-order valence-corrected chi connectivity index (χ2v) is 3.23. The molecule has 82 valence electrons. The van der Waals surface area contributed by atoms with Gasteiger partial charge in [-0.25, -0.2) is 0 Å². The predicted molar refractivity (Wildman–Crippen MR) is 62.9 cm³/mol. The van der Waals surface area contributed by atoms with Crippen LogP contribution in [0.25, 0.3) is 6.08 Å². The molecule has 0 aliphatic carbocycles. The van der Waals surface area contributed by atoms with Crippen LogP contribution in [0, 0.1) is 0 Å². The van der Waals surface area contributed by atoms with Gasteiger partial charge in [0.15, 0.2) is 0 Å². The van der Waals surface area contributed by atoms with Crippen LogP contribution in [0.4, 0.5) is 5.69 Å². The van der Waals surface area contributed by atoms with Gasteiger partial charge in [0.2, 0.25) is 0 Å². The first-order valence-corrected chi connectivity index (χ1v) is 5.01. The van der Waals surface area contributed by atoms with Crippen molar-refractivity contribution in [2.45, 2.75) is 0 Å². The van der Waals surface area contributed by atoms with Crippen molar-refractivity contribution in [1.82, 2.24) is 0 Å². The molecule has 0 aliphatic heterocycles. The summed E-state index contributed by atoms with van der Waals surface area (Å²) in [5.74, 6) is 0. The highest BCUT2D eigenvalue weighted by Gasteiger charge is 2.04. The number of hydrogen-bond acceptors (Lipinski definition) is 3. The van der Waals surface area contributed by atoms with Gasteiger partial charge in [-0.1, -0.05) is 24.8 Å². The van der Waals surface area contributed by atoms with E-state index >= 15 is 0 Å². The van der Waals surface area contributed by atoms with Crippen molar-refractivity contribution < 1.29 is 10.2 Å². The monoisotopic (exact) mass is 207 g/mol. The Hall–Kier alpha value is -1.32. The Labute approximate surface area is 90.3 Å². The van der Waals surface area contributed by atoms with E-state index in [1.807, 2.05) is 29.2 Å². The van der Waals surface area contributed by atoms with Crippen molar-refractivity contribution >= 4 is 11.8 Å². The molecule has 0 atom stereocenters. The summed E-state index contributed by atoms with van der Waals surface area (Å²) in [4.78, 5) is 1.94. The Balaban J connectivity index is 2.83. The van der Waals surface area contributed by atoms with E-state index in [1.165, 1.54) is 0 Å². The fraction of sp³-hybridized carbons (Fsp3) is 0.333. The van der Waals surface area contributed by atoms with Crippen LogP contribution in [0.2, 0.25) is 0 Å². The van der Waals surface area contributed by atoms with Gasteiger partial charge in [0, 0.05) is 18.8 Å². The predicted octanol–water partition coefficient (Wildman–Crippen LogP) is 1.12. The highest BCUT2D eigenvalue weighted by molar-refractivity contribution is 5.57. The minimum absolute atomic E-state index is 0.0817. The third kappa shape index (κ3) is 3.38. The van der Waals surface area contributed by atoms with E-state index in [-0.39, 0.29) is 13.2 Å². The van der Waals surface area contributed by atoms with Gasteiger partial charge in [0.25, 0.3) is 0 Å². The molecular weight excluding hydrogens is 190 g/mol. The molecule has 0 fully saturated rings. The molecule has 0 bridgehead atoms. The molecule has 0 aliphatic rings. The lowest BCUT2D eigenvalue weighted by molar-refractivity contribution is 0.281. The van der Waals surface area contributed by atoms with Gasteiger partial charge in [-0.3, -0.25) is 0 Å². The van der Waals surface area contributed by atoms with Crippen molar-refractivity contribution in [2.75, 3.05) is 31.2 Å². The van der Waals surface area contributed by atoms with Crippen molar-refractivity contribution in [2.24, 2.45) is 0 Å². The number of rotatable bonds is 6. The van der Waals surface area contributed by atoms with Crippen LogP contribution >= 0.6 is 0 Å². The van der Waals surface area contributed by atoms with Crippen LogP contribution in [0.15, 0.2) is 30.8 Å². The Kier molecular flexibility index (Phi) is 4.87. The number of hydrogen-bond donors (Lipinski definition) is 2. The molecule has 0 spiro atoms. The van der Waals surface area contributed by atoms with E-state index in [4.69, 9.17) is 10.2 Å². The summed E-state index contributed by atoms with van der Waals surface area (Å²) in [7, 11) is 0. The summed E-state index contributed by atoms with van der Waals surface area (Å²) in [5, 5.41) is 17.8. The maximum atomic E-state index is 8.91. The number of anilines is 1. The average Bonchev–Trinajstić information content (AvgIpc) is 2.29. The zero-order chi connectivity index (χ0) is 11.1. The SMILES string of the molecule is C=Cc1cccc(N(CCO)CCO)c1. The van der Waals surface area contributed by atoms with Crippen molar-refractivity contribution in [3.8, 4) is 0 Å². The Morgan fingerprint density at radius 3 is 2.40 bits per heavy atom. The lowest BCUT2D eigenvalue weighted by atomic mass is 10.2. The van der Waals surface area contributed by atoms with Gasteiger partial charge in [0.1, 0.15) is 0 Å². The van der Waals surface area contributed by atoms with E-state index in [9.17, 15) is 0 Å². The van der Waals surface area contributed by atoms with Crippen LogP contribution in [-0.4, -0.2) is 36.5 Å². The average molecular weight is 207 g/mol. The Bertz CT molecular complexity index is 306. The summed E-state index contributed by atoms with van der Waals surface area (Å²) >= 11 is 0. The molecule has 3 nitrogen and oxygen atoms in total. The molecule has 0 radical (unpaired) electrons. The van der Waals surface area contributed by atoms with Gasteiger partial charge in [-0.2, -0.15) is 0 Å². The minimum atomic E-state index is 0.0817. The fourth-order valence-corrected chi connectivity index (χ4v) is 1.46. The third-order valence-electron chi connectivity index (χ3n) is 2.21. The Morgan fingerprint density at radius 1 is 1.20 bits per heavy atom. The second-order valence-electron chi connectivity index (χ2n) is 3.23. The van der Waals surface area contributed by atoms with Crippen LogP contribution in [0.3, 0.4) is 0 Å². The normalized spacial score (nSPS) is 10.0. The summed E-state index contributed by atoms with van der Waals surface area (Å²) < 4.78 is 0. The highest BCUT2D eigenvalue weighted by Crippen LogP contribution is 2.16. The summed E-state index contributed by atoms with van der Waals surface area (Å²) in [6.07, 6.45) is 1.78. The Morgan fingerprint density at radius 2 is 1.87 bits per heavy atom. The molecule has 0 aromatic heterocycles. The molecule has 0 unspecified atom stereocenters. The van der Waals surface area contributed by atoms with Crippen molar-refractivity contribution in [3.05, 3.63) is 36.4 Å². The van der Waals surface area contributed by atoms with Crippen molar-refractivity contribution in [1.29, 1.82) is 0 Å². The van der Waals surface area contributed by atoms with Gasteiger partial charge < -0.3 is 15.1 Å². The minimum Gasteiger partial charge on any atom is -0.395 e. The summed E-state index contributed by atoms with van der Waals surface area (Å²) in [5.41, 5.74) is 2.03. The van der Waals surface area contributed by atoms with Gasteiger partial charge in [-0.05, 0) is 17.7 Å². The molecule has 15 heavy (non-hydrogen) atoms. The number of aliphatic hydroxyl groups excluding tert-OH is 2. The lowest BCUT2D eigenvalue weighted by Crippen LogP contribution is -2.29. The zero-order valence-electron chi connectivity index (χ0n) is 8.76. The quantitative estimate of drug-likeness (QED) is 0.734. The summed E-state index contributed by atoms with van der Waals surface area (Å²) in [6, 6.07) is 7.84. The first kappa shape index (κ1) is 11.8. The molecule has 1 aromatic carbocycles.